The Morgan fingerprint density at radius 2 is 1.96 bits per heavy atom. The van der Waals surface area contributed by atoms with Crippen LogP contribution >= 0.6 is 0 Å². The lowest BCUT2D eigenvalue weighted by atomic mass is 10.1. The third kappa shape index (κ3) is 3.71. The van der Waals surface area contributed by atoms with Gasteiger partial charge in [0.25, 0.3) is 5.91 Å². The molecule has 3 amide bonds. The number of hydrogen-bond acceptors (Lipinski definition) is 5. The fourth-order valence-electron chi connectivity index (χ4n) is 3.30. The lowest BCUT2D eigenvalue weighted by molar-refractivity contribution is -0.553. The summed E-state index contributed by atoms with van der Waals surface area (Å²) in [5.74, 6) is 0.846. The number of aliphatic imine (C=N–C) groups is 1. The van der Waals surface area contributed by atoms with Crippen molar-refractivity contribution < 1.29 is 14.2 Å². The number of benzene rings is 1. The number of imide groups is 1. The van der Waals surface area contributed by atoms with Crippen LogP contribution in [0.5, 0.6) is 0 Å². The van der Waals surface area contributed by atoms with Gasteiger partial charge < -0.3 is 4.90 Å². The summed E-state index contributed by atoms with van der Waals surface area (Å²) in [4.78, 5) is 34.5. The third-order valence-electron chi connectivity index (χ3n) is 4.81. The number of aryl methyl sites for hydroxylation is 1. The maximum absolute atomic E-state index is 12.9. The number of fused-ring (bicyclic) bond motifs is 1. The van der Waals surface area contributed by atoms with Gasteiger partial charge in [-0.1, -0.05) is 34.8 Å². The molecule has 27 heavy (non-hydrogen) atoms. The Hall–Kier alpha value is -2.74. The van der Waals surface area contributed by atoms with Crippen molar-refractivity contribution in [3.05, 3.63) is 35.4 Å². The number of nitrogens with zero attached hydrogens (tertiary/aromatic N) is 5. The van der Waals surface area contributed by atoms with Crippen LogP contribution in [0.15, 0.2) is 29.3 Å². The minimum Gasteiger partial charge on any atom is -0.306 e. The molecule has 1 fully saturated rings. The molecule has 3 rings (SSSR count). The molecule has 0 aromatic heterocycles. The molecule has 2 aliphatic rings. The Labute approximate surface area is 159 Å². The lowest BCUT2D eigenvalue weighted by Crippen LogP contribution is -2.61. The van der Waals surface area contributed by atoms with Gasteiger partial charge in [0.05, 0.1) is 13.1 Å². The molecule has 2 aliphatic heterocycles. The van der Waals surface area contributed by atoms with Gasteiger partial charge in [0.2, 0.25) is 11.9 Å². The van der Waals surface area contributed by atoms with E-state index in [0.717, 1.165) is 22.6 Å². The zero-order valence-electron chi connectivity index (χ0n) is 16.6. The summed E-state index contributed by atoms with van der Waals surface area (Å²) in [5.41, 5.74) is 2.25. The Morgan fingerprint density at radius 3 is 2.63 bits per heavy atom. The van der Waals surface area contributed by atoms with Crippen molar-refractivity contribution in [2.24, 2.45) is 4.99 Å². The number of amidine groups is 1. The van der Waals surface area contributed by atoms with Crippen LogP contribution in [-0.4, -0.2) is 90.3 Å². The van der Waals surface area contributed by atoms with E-state index in [1.165, 1.54) is 11.9 Å². The maximum Gasteiger partial charge on any atom is 0.390 e. The van der Waals surface area contributed by atoms with Crippen LogP contribution < -0.4 is 5.32 Å². The summed E-state index contributed by atoms with van der Waals surface area (Å²) in [6.45, 7) is 4.10. The van der Waals surface area contributed by atoms with Gasteiger partial charge in [0, 0.05) is 20.6 Å². The zero-order chi connectivity index (χ0) is 19.7. The van der Waals surface area contributed by atoms with E-state index in [9.17, 15) is 9.59 Å². The van der Waals surface area contributed by atoms with Gasteiger partial charge >= 0.3 is 12.0 Å². The number of hydrogen-bond donors (Lipinski definition) is 1. The Bertz CT molecular complexity index is 829. The van der Waals surface area contributed by atoms with E-state index in [1.807, 2.05) is 43.8 Å². The smallest absolute Gasteiger partial charge is 0.306 e. The van der Waals surface area contributed by atoms with Crippen LogP contribution in [-0.2, 0) is 11.3 Å². The summed E-state index contributed by atoms with van der Waals surface area (Å²) in [6.07, 6.45) is 0. The van der Waals surface area contributed by atoms with Gasteiger partial charge in [-0.25, -0.2) is 9.37 Å². The normalized spacial score (nSPS) is 19.8. The summed E-state index contributed by atoms with van der Waals surface area (Å²) in [7, 11) is 7.18. The second kappa shape index (κ2) is 7.48. The van der Waals surface area contributed by atoms with Crippen molar-refractivity contribution in [3.8, 4) is 0 Å². The van der Waals surface area contributed by atoms with E-state index in [2.05, 4.69) is 21.3 Å². The first-order valence-corrected chi connectivity index (χ1v) is 9.01. The molecule has 144 valence electrons. The van der Waals surface area contributed by atoms with Gasteiger partial charge in [0.1, 0.15) is 0 Å². The minimum absolute atomic E-state index is 0.256. The predicted octanol–water partition coefficient (Wildman–Crippen LogP) is 0.319. The van der Waals surface area contributed by atoms with Crippen molar-refractivity contribution in [2.75, 3.05) is 41.3 Å². The topological polar surface area (TPSA) is 71.3 Å². The molecule has 2 heterocycles. The fraction of sp³-hybridized carbons (Fsp3) is 0.474. The number of urea groups is 1. The summed E-state index contributed by atoms with van der Waals surface area (Å²) in [6, 6.07) is 7.23. The average molecular weight is 371 g/mol. The van der Waals surface area contributed by atoms with Gasteiger partial charge in [-0.2, -0.15) is 0 Å². The minimum atomic E-state index is -0.597. The second-order valence-electron chi connectivity index (χ2n) is 7.28. The molecule has 8 heteroatoms. The molecule has 1 unspecified atom stereocenters. The quantitative estimate of drug-likeness (QED) is 0.757. The highest BCUT2D eigenvalue weighted by atomic mass is 16.2. The van der Waals surface area contributed by atoms with Crippen molar-refractivity contribution in [1.29, 1.82) is 0 Å². The van der Waals surface area contributed by atoms with E-state index < -0.39 is 6.04 Å². The van der Waals surface area contributed by atoms with Gasteiger partial charge in [0.15, 0.2) is 0 Å². The maximum atomic E-state index is 12.9. The van der Waals surface area contributed by atoms with E-state index in [0.29, 0.717) is 24.9 Å². The first-order chi connectivity index (χ1) is 12.8. The van der Waals surface area contributed by atoms with Crippen LogP contribution in [0.3, 0.4) is 0 Å². The molecular weight excluding hydrogens is 344 g/mol. The highest BCUT2D eigenvalue weighted by molar-refractivity contribution is 6.22. The zero-order valence-corrected chi connectivity index (χ0v) is 16.6. The molecule has 1 atom stereocenters. The van der Waals surface area contributed by atoms with Crippen molar-refractivity contribution >= 4 is 23.7 Å². The molecule has 0 aliphatic carbocycles. The number of carbonyl (C=O) groups excluding carboxylic acids is 2. The van der Waals surface area contributed by atoms with Gasteiger partial charge in [-0.15, -0.1) is 0 Å². The number of rotatable bonds is 5. The van der Waals surface area contributed by atoms with Crippen molar-refractivity contribution in [2.45, 2.75) is 19.5 Å². The van der Waals surface area contributed by atoms with Gasteiger partial charge in [-0.3, -0.25) is 19.9 Å². The van der Waals surface area contributed by atoms with E-state index in [4.69, 9.17) is 0 Å². The van der Waals surface area contributed by atoms with Crippen molar-refractivity contribution in [3.63, 3.8) is 0 Å². The first kappa shape index (κ1) is 19.0. The van der Waals surface area contributed by atoms with Crippen LogP contribution in [0, 0.1) is 6.92 Å². The second-order valence-corrected chi connectivity index (χ2v) is 7.28. The monoisotopic (exact) mass is 371 g/mol. The number of likely N-dealkylation sites (N-methyl/N-ethyl adjacent to an activating group) is 3. The lowest BCUT2D eigenvalue weighted by Gasteiger charge is -2.31. The van der Waals surface area contributed by atoms with Crippen LogP contribution in [0.4, 0.5) is 4.79 Å². The first-order valence-electron chi connectivity index (χ1n) is 9.01. The Kier molecular flexibility index (Phi) is 5.27. The molecule has 0 spiro atoms. The molecule has 1 saturated heterocycles. The third-order valence-corrected chi connectivity index (χ3v) is 4.81. The highest BCUT2D eigenvalue weighted by Gasteiger charge is 2.51. The summed E-state index contributed by atoms with van der Waals surface area (Å²) in [5, 5.41) is 3.33. The standard InChI is InChI=1S/C19H26N6O2/c1-13-7-6-8-14(11-13)12-25-15-16(21-18(25)20-9-10-22(2)3)23(4)19(27)24(5)17(15)26/h6-8,11,15H,9-10,12H2,1-5H3/p+1. The molecule has 8 nitrogen and oxygen atoms in total. The molecule has 0 radical (unpaired) electrons. The largest absolute Gasteiger partial charge is 0.390 e. The highest BCUT2D eigenvalue weighted by Crippen LogP contribution is 2.20. The number of amides is 3. The Morgan fingerprint density at radius 1 is 1.22 bits per heavy atom. The van der Waals surface area contributed by atoms with Gasteiger partial charge in [-0.05, 0) is 26.6 Å². The SMILES string of the molecule is Cc1cccc(C[N+]2=C(NCCN(C)C)N=C3C2C(=O)N(C)C(=O)N3C)c1. The van der Waals surface area contributed by atoms with Crippen LogP contribution in [0.1, 0.15) is 11.1 Å². The molecule has 1 aromatic carbocycles. The number of guanidine groups is 1. The number of nitrogens with one attached hydrogen (secondary N) is 1. The van der Waals surface area contributed by atoms with Crippen molar-refractivity contribution in [1.82, 2.24) is 20.0 Å². The van der Waals surface area contributed by atoms with E-state index >= 15 is 0 Å². The number of carbonyl (C=O) groups is 2. The Balaban J connectivity index is 1.95. The van der Waals surface area contributed by atoms with Crippen LogP contribution in [0.25, 0.3) is 0 Å². The van der Waals surface area contributed by atoms with Crippen LogP contribution in [0.2, 0.25) is 0 Å². The molecular formula is C19H27N6O2+. The van der Waals surface area contributed by atoms with E-state index in [-0.39, 0.29) is 11.9 Å². The average Bonchev–Trinajstić information content (AvgIpc) is 2.96. The molecule has 0 saturated carbocycles. The fourth-order valence-corrected chi connectivity index (χ4v) is 3.30. The predicted molar refractivity (Wildman–Crippen MR) is 104 cm³/mol. The summed E-state index contributed by atoms with van der Waals surface area (Å²) < 4.78 is 1.95. The molecule has 1 aromatic rings. The molecule has 1 N–H and O–H groups in total. The molecule has 0 bridgehead atoms. The summed E-state index contributed by atoms with van der Waals surface area (Å²) >= 11 is 0. The van der Waals surface area contributed by atoms with E-state index in [1.54, 1.807) is 7.05 Å².